The number of hydrogen-bond donors (Lipinski definition) is 0. The Labute approximate surface area is 189 Å². The van der Waals surface area contributed by atoms with Crippen molar-refractivity contribution in [3.8, 4) is 5.75 Å². The van der Waals surface area contributed by atoms with Crippen LogP contribution in [0.3, 0.4) is 0 Å². The number of carbonyl (C=O) groups excluding carboxylic acids is 2. The SMILES string of the molecule is COC(=O)c1ccc(COc2ccccc2/C=C2\C(=O)N(C)c3ccc(Br)cc32)cc1. The summed E-state index contributed by atoms with van der Waals surface area (Å²) in [5.74, 6) is 0.245. The fourth-order valence-electron chi connectivity index (χ4n) is 3.46. The second-order valence-electron chi connectivity index (χ2n) is 7.10. The first kappa shape index (κ1) is 20.9. The van der Waals surface area contributed by atoms with Gasteiger partial charge in [0.2, 0.25) is 0 Å². The number of nitrogens with zero attached hydrogens (tertiary/aromatic N) is 1. The molecule has 1 amide bonds. The Morgan fingerprint density at radius 2 is 1.81 bits per heavy atom. The van der Waals surface area contributed by atoms with Gasteiger partial charge < -0.3 is 14.4 Å². The average Bonchev–Trinajstić information content (AvgIpc) is 3.02. The van der Waals surface area contributed by atoms with Crippen LogP contribution in [0.15, 0.2) is 71.2 Å². The van der Waals surface area contributed by atoms with Crippen LogP contribution in [0.25, 0.3) is 11.6 Å². The quantitative estimate of drug-likeness (QED) is 0.368. The number of para-hydroxylation sites is 1. The molecule has 6 heteroatoms. The molecule has 0 unspecified atom stereocenters. The summed E-state index contributed by atoms with van der Waals surface area (Å²) in [5, 5.41) is 0. The fourth-order valence-corrected chi connectivity index (χ4v) is 3.83. The second kappa shape index (κ2) is 8.78. The van der Waals surface area contributed by atoms with Crippen molar-refractivity contribution in [2.45, 2.75) is 6.61 Å². The Hall–Kier alpha value is -3.38. The molecule has 31 heavy (non-hydrogen) atoms. The van der Waals surface area contributed by atoms with Crippen LogP contribution in [0.4, 0.5) is 5.69 Å². The summed E-state index contributed by atoms with van der Waals surface area (Å²) in [6.07, 6.45) is 1.87. The van der Waals surface area contributed by atoms with Crippen molar-refractivity contribution < 1.29 is 19.1 Å². The Balaban J connectivity index is 1.59. The molecule has 0 radical (unpaired) electrons. The summed E-state index contributed by atoms with van der Waals surface area (Å²) >= 11 is 3.49. The Morgan fingerprint density at radius 1 is 1.06 bits per heavy atom. The molecule has 0 N–H and O–H groups in total. The third-order valence-electron chi connectivity index (χ3n) is 5.13. The van der Waals surface area contributed by atoms with E-state index in [-0.39, 0.29) is 11.9 Å². The number of fused-ring (bicyclic) bond motifs is 1. The van der Waals surface area contributed by atoms with Crippen molar-refractivity contribution in [3.63, 3.8) is 0 Å². The third kappa shape index (κ3) is 4.25. The highest BCUT2D eigenvalue weighted by Gasteiger charge is 2.29. The molecule has 1 heterocycles. The van der Waals surface area contributed by atoms with E-state index in [1.54, 1.807) is 24.1 Å². The number of hydrogen-bond acceptors (Lipinski definition) is 4. The van der Waals surface area contributed by atoms with Crippen LogP contribution in [-0.4, -0.2) is 26.0 Å². The van der Waals surface area contributed by atoms with Crippen molar-refractivity contribution in [3.05, 3.63) is 93.5 Å². The molecule has 3 aromatic rings. The lowest BCUT2D eigenvalue weighted by Gasteiger charge is -2.10. The second-order valence-corrected chi connectivity index (χ2v) is 8.01. The van der Waals surface area contributed by atoms with E-state index in [1.165, 1.54) is 7.11 Å². The number of benzene rings is 3. The maximum atomic E-state index is 12.8. The van der Waals surface area contributed by atoms with Crippen LogP contribution in [0, 0.1) is 0 Å². The zero-order valence-electron chi connectivity index (χ0n) is 17.1. The minimum absolute atomic E-state index is 0.0543. The van der Waals surface area contributed by atoms with Gasteiger partial charge in [0.05, 0.1) is 18.4 Å². The molecule has 4 rings (SSSR count). The van der Waals surface area contributed by atoms with E-state index in [1.807, 2.05) is 60.7 Å². The summed E-state index contributed by atoms with van der Waals surface area (Å²) < 4.78 is 11.7. The topological polar surface area (TPSA) is 55.8 Å². The molecular weight excluding hydrogens is 458 g/mol. The molecule has 0 atom stereocenters. The van der Waals surface area contributed by atoms with Gasteiger partial charge in [-0.05, 0) is 48.0 Å². The van der Waals surface area contributed by atoms with Crippen molar-refractivity contribution in [1.29, 1.82) is 0 Å². The molecule has 0 aliphatic carbocycles. The highest BCUT2D eigenvalue weighted by molar-refractivity contribution is 9.10. The van der Waals surface area contributed by atoms with Gasteiger partial charge in [-0.2, -0.15) is 0 Å². The van der Waals surface area contributed by atoms with Crippen LogP contribution >= 0.6 is 15.9 Å². The first-order valence-corrected chi connectivity index (χ1v) is 10.5. The molecule has 0 fully saturated rings. The molecule has 1 aliphatic heterocycles. The third-order valence-corrected chi connectivity index (χ3v) is 5.63. The number of amides is 1. The molecular formula is C25H20BrNO4. The van der Waals surface area contributed by atoms with E-state index in [4.69, 9.17) is 9.47 Å². The monoisotopic (exact) mass is 477 g/mol. The number of esters is 1. The van der Waals surface area contributed by atoms with E-state index in [0.717, 1.165) is 26.9 Å². The zero-order chi connectivity index (χ0) is 22.0. The lowest BCUT2D eigenvalue weighted by atomic mass is 10.0. The molecule has 0 saturated heterocycles. The van der Waals surface area contributed by atoms with E-state index in [9.17, 15) is 9.59 Å². The van der Waals surface area contributed by atoms with Gasteiger partial charge in [0.1, 0.15) is 12.4 Å². The van der Waals surface area contributed by atoms with E-state index < -0.39 is 0 Å². The van der Waals surface area contributed by atoms with Gasteiger partial charge in [-0.15, -0.1) is 0 Å². The molecule has 3 aromatic carbocycles. The van der Waals surface area contributed by atoms with E-state index in [2.05, 4.69) is 15.9 Å². The number of rotatable bonds is 5. The Kier molecular flexibility index (Phi) is 5.91. The largest absolute Gasteiger partial charge is 0.488 e. The molecule has 156 valence electrons. The predicted octanol–water partition coefficient (Wildman–Crippen LogP) is 5.33. The molecule has 5 nitrogen and oxygen atoms in total. The van der Waals surface area contributed by atoms with Gasteiger partial charge >= 0.3 is 5.97 Å². The number of methoxy groups -OCH3 is 1. The standard InChI is InChI=1S/C25H20BrNO4/c1-27-22-12-11-19(26)14-20(22)21(24(27)28)13-18-5-3-4-6-23(18)31-15-16-7-9-17(10-8-16)25(29)30-2/h3-14H,15H2,1-2H3/b21-13-. The molecule has 1 aliphatic rings. The first-order valence-electron chi connectivity index (χ1n) is 9.66. The number of anilines is 1. The number of carbonyl (C=O) groups is 2. The van der Waals surface area contributed by atoms with Crippen LogP contribution in [0.1, 0.15) is 27.0 Å². The lowest BCUT2D eigenvalue weighted by molar-refractivity contribution is -0.112. The Bertz CT molecular complexity index is 1180. The van der Waals surface area contributed by atoms with Crippen LogP contribution in [0.2, 0.25) is 0 Å². The minimum atomic E-state index is -0.373. The van der Waals surface area contributed by atoms with Crippen LogP contribution < -0.4 is 9.64 Å². The van der Waals surface area contributed by atoms with Gasteiger partial charge in [-0.3, -0.25) is 4.79 Å². The Morgan fingerprint density at radius 3 is 2.55 bits per heavy atom. The van der Waals surface area contributed by atoms with Gasteiger partial charge in [-0.25, -0.2) is 4.79 Å². The van der Waals surface area contributed by atoms with Crippen LogP contribution in [-0.2, 0) is 16.1 Å². The molecule has 0 aromatic heterocycles. The normalized spacial score (nSPS) is 14.0. The highest BCUT2D eigenvalue weighted by Crippen LogP contribution is 2.39. The summed E-state index contributed by atoms with van der Waals surface area (Å²) in [4.78, 5) is 26.1. The minimum Gasteiger partial charge on any atom is -0.488 e. The summed E-state index contributed by atoms with van der Waals surface area (Å²) in [6.45, 7) is 0.331. The van der Waals surface area contributed by atoms with Gasteiger partial charge in [0.25, 0.3) is 5.91 Å². The maximum absolute atomic E-state index is 12.8. The summed E-state index contributed by atoms with van der Waals surface area (Å²) in [7, 11) is 3.13. The summed E-state index contributed by atoms with van der Waals surface area (Å²) in [5.41, 5.74) is 4.61. The molecule has 0 spiro atoms. The van der Waals surface area contributed by atoms with Crippen molar-refractivity contribution >= 4 is 45.1 Å². The fraction of sp³-hybridized carbons (Fsp3) is 0.120. The van der Waals surface area contributed by atoms with Gasteiger partial charge in [-0.1, -0.05) is 46.3 Å². The molecule has 0 saturated carbocycles. The highest BCUT2D eigenvalue weighted by atomic mass is 79.9. The van der Waals surface area contributed by atoms with Crippen molar-refractivity contribution in [2.24, 2.45) is 0 Å². The van der Waals surface area contributed by atoms with Crippen molar-refractivity contribution in [1.82, 2.24) is 0 Å². The maximum Gasteiger partial charge on any atom is 0.337 e. The van der Waals surface area contributed by atoms with Gasteiger partial charge in [0.15, 0.2) is 0 Å². The predicted molar refractivity (Wildman–Crippen MR) is 124 cm³/mol. The van der Waals surface area contributed by atoms with Gasteiger partial charge in [0, 0.05) is 28.2 Å². The van der Waals surface area contributed by atoms with Crippen LogP contribution in [0.5, 0.6) is 5.75 Å². The summed E-state index contributed by atoms with van der Waals surface area (Å²) in [6, 6.07) is 20.5. The number of ether oxygens (including phenoxy) is 2. The van der Waals surface area contributed by atoms with E-state index >= 15 is 0 Å². The smallest absolute Gasteiger partial charge is 0.337 e. The van der Waals surface area contributed by atoms with Crippen molar-refractivity contribution in [2.75, 3.05) is 19.1 Å². The van der Waals surface area contributed by atoms with E-state index in [0.29, 0.717) is 23.5 Å². The number of halogens is 1. The number of likely N-dealkylation sites (N-methyl/N-ethyl adjacent to an activating group) is 1. The first-order chi connectivity index (χ1) is 15.0. The molecule has 0 bridgehead atoms. The lowest BCUT2D eigenvalue weighted by Crippen LogP contribution is -2.20. The zero-order valence-corrected chi connectivity index (χ0v) is 18.7. The average molecular weight is 478 g/mol.